The van der Waals surface area contributed by atoms with Crippen molar-refractivity contribution in [3.05, 3.63) is 28.7 Å². The number of carbonyl (C=O) groups is 3. The summed E-state index contributed by atoms with van der Waals surface area (Å²) in [6, 6.07) is 1.66. The van der Waals surface area contributed by atoms with Crippen molar-refractivity contribution >= 4 is 34.1 Å². The Morgan fingerprint density at radius 2 is 1.94 bits per heavy atom. The fourth-order valence-electron chi connectivity index (χ4n) is 1.63. The molecule has 0 aliphatic carbocycles. The summed E-state index contributed by atoms with van der Waals surface area (Å²) in [4.78, 5) is 36.8. The average Bonchev–Trinajstić information content (AvgIpc) is 2.92. The molecule has 2 amide bonds. The van der Waals surface area contributed by atoms with Gasteiger partial charge in [0.2, 0.25) is 0 Å². The maximum atomic E-state index is 11.6. The molecule has 18 heavy (non-hydrogen) atoms. The van der Waals surface area contributed by atoms with E-state index >= 15 is 0 Å². The summed E-state index contributed by atoms with van der Waals surface area (Å²) in [5.74, 6) is -1.42. The number of methoxy groups -OCH3 is 1. The highest BCUT2D eigenvalue weighted by Gasteiger charge is 2.31. The Bertz CT molecular complexity index is 540. The molecule has 94 valence electrons. The first-order valence-corrected chi connectivity index (χ1v) is 6.17. The lowest BCUT2D eigenvalue weighted by Crippen LogP contribution is -2.30. The first-order chi connectivity index (χ1) is 8.58. The molecule has 2 heterocycles. The Morgan fingerprint density at radius 3 is 2.44 bits per heavy atom. The standard InChI is InChI=1S/C12H11NO4S/c1-3-7-6-8(12(16)17-2)11(18-7)13-9(14)4-5-10(13)15/h4-6H,3H2,1-2H3. The van der Waals surface area contributed by atoms with Gasteiger partial charge in [-0.1, -0.05) is 6.92 Å². The smallest absolute Gasteiger partial charge is 0.340 e. The highest BCUT2D eigenvalue weighted by atomic mass is 32.1. The Balaban J connectivity index is 2.49. The van der Waals surface area contributed by atoms with E-state index in [1.54, 1.807) is 6.07 Å². The van der Waals surface area contributed by atoms with Crippen molar-refractivity contribution in [3.63, 3.8) is 0 Å². The van der Waals surface area contributed by atoms with Gasteiger partial charge in [0.15, 0.2) is 0 Å². The molecular weight excluding hydrogens is 254 g/mol. The SMILES string of the molecule is CCc1cc(C(=O)OC)c(N2C(=O)C=CC2=O)s1. The predicted octanol–water partition coefficient (Wildman–Crippen LogP) is 1.53. The molecule has 2 rings (SSSR count). The molecule has 0 saturated heterocycles. The second-order valence-electron chi connectivity index (χ2n) is 3.62. The number of amides is 2. The third kappa shape index (κ3) is 1.95. The average molecular weight is 265 g/mol. The van der Waals surface area contributed by atoms with Crippen molar-refractivity contribution in [2.75, 3.05) is 12.0 Å². The number of carbonyl (C=O) groups excluding carboxylic acids is 3. The molecule has 1 aromatic heterocycles. The molecule has 0 N–H and O–H groups in total. The van der Waals surface area contributed by atoms with Crippen molar-refractivity contribution in [2.45, 2.75) is 13.3 Å². The van der Waals surface area contributed by atoms with E-state index in [1.165, 1.54) is 30.6 Å². The van der Waals surface area contributed by atoms with Crippen molar-refractivity contribution in [2.24, 2.45) is 0 Å². The summed E-state index contributed by atoms with van der Waals surface area (Å²) in [5, 5.41) is 0.332. The van der Waals surface area contributed by atoms with Gasteiger partial charge in [0, 0.05) is 17.0 Å². The molecule has 0 spiro atoms. The Labute approximate surface area is 108 Å². The molecule has 0 fully saturated rings. The van der Waals surface area contributed by atoms with Crippen LogP contribution >= 0.6 is 11.3 Å². The Hall–Kier alpha value is -1.95. The van der Waals surface area contributed by atoms with Crippen molar-refractivity contribution < 1.29 is 19.1 Å². The molecule has 0 radical (unpaired) electrons. The zero-order chi connectivity index (χ0) is 13.3. The number of hydrogen-bond donors (Lipinski definition) is 0. The first-order valence-electron chi connectivity index (χ1n) is 5.35. The van der Waals surface area contributed by atoms with E-state index in [4.69, 9.17) is 0 Å². The highest BCUT2D eigenvalue weighted by Crippen LogP contribution is 2.34. The van der Waals surface area contributed by atoms with Crippen LogP contribution in [0.5, 0.6) is 0 Å². The van der Waals surface area contributed by atoms with Gasteiger partial charge in [-0.3, -0.25) is 9.59 Å². The first kappa shape index (κ1) is 12.5. The normalized spacial score (nSPS) is 14.4. The van der Waals surface area contributed by atoms with Crippen LogP contribution in [0.15, 0.2) is 18.2 Å². The largest absolute Gasteiger partial charge is 0.465 e. The van der Waals surface area contributed by atoms with Crippen LogP contribution in [0.25, 0.3) is 0 Å². The second kappa shape index (κ2) is 4.73. The minimum Gasteiger partial charge on any atom is -0.465 e. The van der Waals surface area contributed by atoms with E-state index in [9.17, 15) is 14.4 Å². The van der Waals surface area contributed by atoms with Gasteiger partial charge in [0.25, 0.3) is 11.8 Å². The summed E-state index contributed by atoms with van der Waals surface area (Å²) < 4.78 is 4.66. The molecule has 0 unspecified atom stereocenters. The molecule has 0 atom stereocenters. The second-order valence-corrected chi connectivity index (χ2v) is 4.74. The van der Waals surface area contributed by atoms with E-state index < -0.39 is 17.8 Å². The molecule has 0 bridgehead atoms. The Morgan fingerprint density at radius 1 is 1.33 bits per heavy atom. The molecule has 0 aromatic carbocycles. The van der Waals surface area contributed by atoms with Crippen molar-refractivity contribution in [1.29, 1.82) is 0 Å². The van der Waals surface area contributed by atoms with Crippen LogP contribution in [0.2, 0.25) is 0 Å². The number of thiophene rings is 1. The number of rotatable bonds is 3. The maximum Gasteiger partial charge on any atom is 0.340 e. The monoisotopic (exact) mass is 265 g/mol. The lowest BCUT2D eigenvalue weighted by atomic mass is 10.2. The van der Waals surface area contributed by atoms with Gasteiger partial charge in [-0.05, 0) is 12.5 Å². The van der Waals surface area contributed by atoms with E-state index in [1.807, 2.05) is 6.92 Å². The molecule has 5 nitrogen and oxygen atoms in total. The number of imide groups is 1. The van der Waals surface area contributed by atoms with Crippen LogP contribution in [0, 0.1) is 0 Å². The van der Waals surface area contributed by atoms with E-state index in [0.717, 1.165) is 16.2 Å². The van der Waals surface area contributed by atoms with E-state index in [0.29, 0.717) is 5.00 Å². The minimum absolute atomic E-state index is 0.254. The topological polar surface area (TPSA) is 63.7 Å². The number of ether oxygens (including phenoxy) is 1. The molecule has 1 aliphatic heterocycles. The zero-order valence-electron chi connectivity index (χ0n) is 9.93. The van der Waals surface area contributed by atoms with Crippen LogP contribution in [0.1, 0.15) is 22.2 Å². The minimum atomic E-state index is -0.548. The van der Waals surface area contributed by atoms with E-state index in [-0.39, 0.29) is 5.56 Å². The number of hydrogen-bond acceptors (Lipinski definition) is 5. The lowest BCUT2D eigenvalue weighted by Gasteiger charge is -2.12. The van der Waals surface area contributed by atoms with Crippen molar-refractivity contribution in [1.82, 2.24) is 0 Å². The maximum absolute atomic E-state index is 11.6. The predicted molar refractivity (Wildman–Crippen MR) is 66.7 cm³/mol. The number of anilines is 1. The number of aryl methyl sites for hydroxylation is 1. The molecule has 1 aliphatic rings. The number of esters is 1. The van der Waals surface area contributed by atoms with Gasteiger partial charge in [-0.2, -0.15) is 0 Å². The van der Waals surface area contributed by atoms with Crippen LogP contribution in [-0.4, -0.2) is 24.9 Å². The van der Waals surface area contributed by atoms with Crippen LogP contribution in [0.3, 0.4) is 0 Å². The van der Waals surface area contributed by atoms with Crippen LogP contribution in [-0.2, 0) is 20.7 Å². The van der Waals surface area contributed by atoms with Crippen molar-refractivity contribution in [3.8, 4) is 0 Å². The van der Waals surface area contributed by atoms with Gasteiger partial charge in [0.1, 0.15) is 5.00 Å². The van der Waals surface area contributed by atoms with E-state index in [2.05, 4.69) is 4.74 Å². The van der Waals surface area contributed by atoms with Gasteiger partial charge in [-0.25, -0.2) is 9.69 Å². The fourth-order valence-corrected chi connectivity index (χ4v) is 2.72. The third-order valence-electron chi connectivity index (χ3n) is 2.53. The highest BCUT2D eigenvalue weighted by molar-refractivity contribution is 7.17. The molecular formula is C12H11NO4S. The van der Waals surface area contributed by atoms with Crippen LogP contribution in [0.4, 0.5) is 5.00 Å². The Kier molecular flexibility index (Phi) is 3.29. The zero-order valence-corrected chi connectivity index (χ0v) is 10.7. The third-order valence-corrected chi connectivity index (χ3v) is 3.79. The van der Waals surface area contributed by atoms with Gasteiger partial charge in [0.05, 0.1) is 12.7 Å². The summed E-state index contributed by atoms with van der Waals surface area (Å²) in [6.45, 7) is 1.93. The molecule has 6 heteroatoms. The summed E-state index contributed by atoms with van der Waals surface area (Å²) in [7, 11) is 1.27. The molecule has 0 saturated carbocycles. The van der Waals surface area contributed by atoms with Crippen LogP contribution < -0.4 is 4.90 Å². The fraction of sp³-hybridized carbons (Fsp3) is 0.250. The summed E-state index contributed by atoms with van der Waals surface area (Å²) in [6.07, 6.45) is 3.10. The number of nitrogens with zero attached hydrogens (tertiary/aromatic N) is 1. The summed E-state index contributed by atoms with van der Waals surface area (Å²) >= 11 is 1.25. The van der Waals surface area contributed by atoms with Gasteiger partial charge in [-0.15, -0.1) is 11.3 Å². The lowest BCUT2D eigenvalue weighted by molar-refractivity contribution is -0.119. The van der Waals surface area contributed by atoms with Gasteiger partial charge < -0.3 is 4.74 Å². The molecule has 1 aromatic rings. The summed E-state index contributed by atoms with van der Waals surface area (Å²) in [5.41, 5.74) is 0.254. The quantitative estimate of drug-likeness (QED) is 0.614. The van der Waals surface area contributed by atoms with Gasteiger partial charge >= 0.3 is 5.97 Å².